The molecule has 1 N–H and O–H groups in total. The van der Waals surface area contributed by atoms with E-state index >= 15 is 0 Å². The van der Waals surface area contributed by atoms with Gasteiger partial charge < -0.3 is 4.90 Å². The molecule has 5 nitrogen and oxygen atoms in total. The first kappa shape index (κ1) is 19.0. The Hall–Kier alpha value is -2.32. The number of nitrogens with one attached hydrogen (secondary N) is 1. The van der Waals surface area contributed by atoms with Gasteiger partial charge in [0.2, 0.25) is 15.9 Å². The average molecular weight is 368 g/mol. The van der Waals surface area contributed by atoms with E-state index in [1.54, 1.807) is 7.05 Å². The molecule has 2 aromatic rings. The Balaban J connectivity index is 1.88. The fourth-order valence-electron chi connectivity index (χ4n) is 2.16. The molecule has 0 bridgehead atoms. The molecule has 0 radical (unpaired) electrons. The number of amides is 1. The van der Waals surface area contributed by atoms with E-state index in [0.717, 1.165) is 17.7 Å². The van der Waals surface area contributed by atoms with Gasteiger partial charge in [0.25, 0.3) is 0 Å². The first-order chi connectivity index (χ1) is 11.8. The normalized spacial score (nSPS) is 11.3. The molecule has 0 saturated carbocycles. The standard InChI is InChI=1S/C17H18F2N2O3S/c1-21(12-13-5-3-2-4-6-13)17(22)9-10-20-25(23,24)14-7-8-15(18)16(19)11-14/h2-8,11,20H,9-10,12H2,1H3. The number of hydrogen-bond acceptors (Lipinski definition) is 3. The molecule has 8 heteroatoms. The summed E-state index contributed by atoms with van der Waals surface area (Å²) in [6.07, 6.45) is -0.0494. The van der Waals surface area contributed by atoms with Crippen LogP contribution in [0, 0.1) is 11.6 Å². The summed E-state index contributed by atoms with van der Waals surface area (Å²) in [4.78, 5) is 13.1. The van der Waals surface area contributed by atoms with Crippen LogP contribution >= 0.6 is 0 Å². The Morgan fingerprint density at radius 3 is 2.40 bits per heavy atom. The molecule has 0 aromatic heterocycles. The van der Waals surface area contributed by atoms with Gasteiger partial charge in [-0.3, -0.25) is 4.79 Å². The van der Waals surface area contributed by atoms with Crippen LogP contribution in [0.3, 0.4) is 0 Å². The zero-order valence-electron chi connectivity index (χ0n) is 13.6. The third-order valence-corrected chi connectivity index (χ3v) is 4.98. The van der Waals surface area contributed by atoms with E-state index in [4.69, 9.17) is 0 Å². The van der Waals surface area contributed by atoms with Crippen molar-refractivity contribution in [2.75, 3.05) is 13.6 Å². The van der Waals surface area contributed by atoms with Gasteiger partial charge in [-0.15, -0.1) is 0 Å². The van der Waals surface area contributed by atoms with Crippen LogP contribution in [-0.4, -0.2) is 32.8 Å². The smallest absolute Gasteiger partial charge is 0.240 e. The van der Waals surface area contributed by atoms with Crippen LogP contribution < -0.4 is 4.72 Å². The minimum absolute atomic E-state index is 0.0494. The number of halogens is 2. The number of carbonyl (C=O) groups is 1. The maximum Gasteiger partial charge on any atom is 0.240 e. The fraction of sp³-hybridized carbons (Fsp3) is 0.235. The van der Waals surface area contributed by atoms with Crippen LogP contribution in [-0.2, 0) is 21.4 Å². The molecule has 25 heavy (non-hydrogen) atoms. The number of benzene rings is 2. The molecule has 0 atom stereocenters. The number of nitrogens with zero attached hydrogens (tertiary/aromatic N) is 1. The zero-order chi connectivity index (χ0) is 18.4. The van der Waals surface area contributed by atoms with Crippen molar-refractivity contribution in [3.63, 3.8) is 0 Å². The van der Waals surface area contributed by atoms with E-state index in [1.807, 2.05) is 30.3 Å². The lowest BCUT2D eigenvalue weighted by molar-refractivity contribution is -0.130. The van der Waals surface area contributed by atoms with Gasteiger partial charge in [-0.2, -0.15) is 0 Å². The SMILES string of the molecule is CN(Cc1ccccc1)C(=O)CCNS(=O)(=O)c1ccc(F)c(F)c1. The molecule has 1 amide bonds. The molecule has 0 spiro atoms. The Labute approximate surface area is 145 Å². The highest BCUT2D eigenvalue weighted by atomic mass is 32.2. The van der Waals surface area contributed by atoms with Crippen LogP contribution in [0.4, 0.5) is 8.78 Å². The largest absolute Gasteiger partial charge is 0.341 e. The number of carbonyl (C=O) groups excluding carboxylic acids is 1. The van der Waals surface area contributed by atoms with Crippen molar-refractivity contribution >= 4 is 15.9 Å². The maximum atomic E-state index is 13.1. The summed E-state index contributed by atoms with van der Waals surface area (Å²) >= 11 is 0. The van der Waals surface area contributed by atoms with E-state index in [9.17, 15) is 22.0 Å². The predicted molar refractivity (Wildman–Crippen MR) is 89.1 cm³/mol. The van der Waals surface area contributed by atoms with Crippen molar-refractivity contribution in [1.29, 1.82) is 0 Å². The second-order valence-corrected chi connectivity index (χ2v) is 7.23. The molecule has 2 rings (SSSR count). The second-order valence-electron chi connectivity index (χ2n) is 5.46. The lowest BCUT2D eigenvalue weighted by Gasteiger charge is -2.17. The molecule has 0 unspecified atom stereocenters. The first-order valence-corrected chi connectivity index (χ1v) is 9.00. The van der Waals surface area contributed by atoms with Crippen molar-refractivity contribution in [3.05, 3.63) is 65.7 Å². The molecule has 0 aliphatic heterocycles. The van der Waals surface area contributed by atoms with Gasteiger partial charge in [0.1, 0.15) is 0 Å². The third kappa shape index (κ3) is 5.33. The van der Waals surface area contributed by atoms with Crippen LogP contribution in [0.25, 0.3) is 0 Å². The summed E-state index contributed by atoms with van der Waals surface area (Å²) in [7, 11) is -2.38. The predicted octanol–water partition coefficient (Wildman–Crippen LogP) is 2.29. The Morgan fingerprint density at radius 1 is 1.08 bits per heavy atom. The van der Waals surface area contributed by atoms with Gasteiger partial charge in [0.15, 0.2) is 11.6 Å². The minimum Gasteiger partial charge on any atom is -0.341 e. The Morgan fingerprint density at radius 2 is 1.76 bits per heavy atom. The third-order valence-electron chi connectivity index (χ3n) is 3.52. The van der Waals surface area contributed by atoms with E-state index in [1.165, 1.54) is 4.90 Å². The molecule has 0 fully saturated rings. The topological polar surface area (TPSA) is 66.5 Å². The molecule has 0 saturated heterocycles. The fourth-order valence-corrected chi connectivity index (χ4v) is 3.20. The maximum absolute atomic E-state index is 13.1. The monoisotopic (exact) mass is 368 g/mol. The number of rotatable bonds is 7. The van der Waals surface area contributed by atoms with Crippen molar-refractivity contribution in [3.8, 4) is 0 Å². The summed E-state index contributed by atoms with van der Waals surface area (Å²) in [6, 6.07) is 11.7. The van der Waals surface area contributed by atoms with Crippen LogP contribution in [0.5, 0.6) is 0 Å². The van der Waals surface area contributed by atoms with E-state index in [2.05, 4.69) is 4.72 Å². The second kappa shape index (κ2) is 8.17. The highest BCUT2D eigenvalue weighted by Gasteiger charge is 2.17. The van der Waals surface area contributed by atoms with Gasteiger partial charge in [-0.25, -0.2) is 21.9 Å². The first-order valence-electron chi connectivity index (χ1n) is 7.52. The molecule has 0 heterocycles. The van der Waals surface area contributed by atoms with Crippen molar-refractivity contribution in [1.82, 2.24) is 9.62 Å². The molecule has 0 aliphatic rings. The molecule has 2 aromatic carbocycles. The molecule has 134 valence electrons. The van der Waals surface area contributed by atoms with Crippen LogP contribution in [0.15, 0.2) is 53.4 Å². The van der Waals surface area contributed by atoms with Gasteiger partial charge >= 0.3 is 0 Å². The quantitative estimate of drug-likeness (QED) is 0.815. The number of sulfonamides is 1. The highest BCUT2D eigenvalue weighted by molar-refractivity contribution is 7.89. The Bertz CT molecular complexity index is 842. The minimum atomic E-state index is -4.01. The van der Waals surface area contributed by atoms with E-state index < -0.39 is 26.6 Å². The lowest BCUT2D eigenvalue weighted by atomic mass is 10.2. The summed E-state index contributed by atoms with van der Waals surface area (Å²) in [5.41, 5.74) is 0.959. The molecule has 0 aliphatic carbocycles. The van der Waals surface area contributed by atoms with Crippen molar-refractivity contribution in [2.45, 2.75) is 17.9 Å². The summed E-state index contributed by atoms with van der Waals surface area (Å²) in [5.74, 6) is -2.62. The Kier molecular flexibility index (Phi) is 6.22. The zero-order valence-corrected chi connectivity index (χ0v) is 14.4. The van der Waals surface area contributed by atoms with Gasteiger partial charge in [0, 0.05) is 26.6 Å². The number of hydrogen-bond donors (Lipinski definition) is 1. The highest BCUT2D eigenvalue weighted by Crippen LogP contribution is 2.13. The average Bonchev–Trinajstić information content (AvgIpc) is 2.57. The molecular formula is C17H18F2N2O3S. The van der Waals surface area contributed by atoms with E-state index in [0.29, 0.717) is 12.6 Å². The molecular weight excluding hydrogens is 350 g/mol. The van der Waals surface area contributed by atoms with Crippen molar-refractivity contribution in [2.24, 2.45) is 0 Å². The van der Waals surface area contributed by atoms with Crippen LogP contribution in [0.1, 0.15) is 12.0 Å². The van der Waals surface area contributed by atoms with E-state index in [-0.39, 0.29) is 18.9 Å². The lowest BCUT2D eigenvalue weighted by Crippen LogP contribution is -2.32. The van der Waals surface area contributed by atoms with Gasteiger partial charge in [0.05, 0.1) is 4.90 Å². The van der Waals surface area contributed by atoms with Gasteiger partial charge in [-0.05, 0) is 23.8 Å². The summed E-state index contributed by atoms with van der Waals surface area (Å²) in [5, 5.41) is 0. The van der Waals surface area contributed by atoms with Crippen LogP contribution in [0.2, 0.25) is 0 Å². The van der Waals surface area contributed by atoms with Gasteiger partial charge in [-0.1, -0.05) is 30.3 Å². The summed E-state index contributed by atoms with van der Waals surface area (Å²) < 4.78 is 52.3. The van der Waals surface area contributed by atoms with Crippen molar-refractivity contribution < 1.29 is 22.0 Å². The summed E-state index contributed by atoms with van der Waals surface area (Å²) in [6.45, 7) is 0.273.